The number of likely N-dealkylation sites (N-methyl/N-ethyl adjacent to an activating group) is 1. The Morgan fingerprint density at radius 2 is 1.70 bits per heavy atom. The predicted octanol–water partition coefficient (Wildman–Crippen LogP) is 4.56. The maximum absolute atomic E-state index is 15.3. The quantitative estimate of drug-likeness (QED) is 0.292. The van der Waals surface area contributed by atoms with Crippen molar-refractivity contribution in [2.45, 2.75) is 69.3 Å². The Morgan fingerprint density at radius 1 is 1.07 bits per heavy atom. The van der Waals surface area contributed by atoms with Crippen LogP contribution in [-0.2, 0) is 15.8 Å². The van der Waals surface area contributed by atoms with Gasteiger partial charge in [0.25, 0.3) is 5.91 Å². The number of hydrogen-bond donors (Lipinski definition) is 4. The van der Waals surface area contributed by atoms with E-state index in [1.165, 1.54) is 14.0 Å². The number of pyridine rings is 1. The third-order valence-corrected chi connectivity index (χ3v) is 8.20. The van der Waals surface area contributed by atoms with Crippen molar-refractivity contribution in [2.24, 2.45) is 5.92 Å². The van der Waals surface area contributed by atoms with Crippen LogP contribution in [0, 0.1) is 17.6 Å². The molecule has 4 rings (SSSR count). The first-order valence-electron chi connectivity index (χ1n) is 14.4. The van der Waals surface area contributed by atoms with Gasteiger partial charge in [-0.15, -0.1) is 0 Å². The number of anilines is 2. The third kappa shape index (κ3) is 7.39. The first-order chi connectivity index (χ1) is 21.7. The fraction of sp³-hybridized carbons (Fsp3) is 0.517. The molecule has 0 bridgehead atoms. The number of carbonyl (C=O) groups is 3. The molecule has 46 heavy (non-hydrogen) atoms. The van der Waals surface area contributed by atoms with E-state index >= 15 is 8.78 Å². The highest BCUT2D eigenvalue weighted by Gasteiger charge is 2.49. The zero-order valence-corrected chi connectivity index (χ0v) is 25.0. The van der Waals surface area contributed by atoms with Gasteiger partial charge in [0.1, 0.15) is 40.8 Å². The summed E-state index contributed by atoms with van der Waals surface area (Å²) in [6, 6.07) is -1.81. The van der Waals surface area contributed by atoms with Gasteiger partial charge in [-0.1, -0.05) is 0 Å². The number of ether oxygens (including phenoxy) is 1. The highest BCUT2D eigenvalue weighted by atomic mass is 19.4. The Kier molecular flexibility index (Phi) is 10.5. The SMILES string of the molecule is CNC(=O)C(C)Nc1ccnc(N2C[C@@H](c3c(F)cc(OC)cc3F)[C@H](NC(=O)NC3CCC(C(F)F)CC3)C2=O)c1C(F)(F)F. The van der Waals surface area contributed by atoms with Gasteiger partial charge in [-0.2, -0.15) is 13.2 Å². The van der Waals surface area contributed by atoms with E-state index in [0.29, 0.717) is 4.90 Å². The highest BCUT2D eigenvalue weighted by Crippen LogP contribution is 2.44. The number of halogens is 7. The number of aromatic nitrogens is 1. The van der Waals surface area contributed by atoms with Crippen molar-refractivity contribution in [3.8, 4) is 5.75 Å². The highest BCUT2D eigenvalue weighted by molar-refractivity contribution is 6.03. The van der Waals surface area contributed by atoms with Crippen LogP contribution in [0.3, 0.4) is 0 Å². The van der Waals surface area contributed by atoms with Gasteiger partial charge in [0, 0.05) is 55.4 Å². The molecule has 1 aliphatic carbocycles. The number of nitrogens with one attached hydrogen (secondary N) is 4. The van der Waals surface area contributed by atoms with E-state index in [9.17, 15) is 36.3 Å². The summed E-state index contributed by atoms with van der Waals surface area (Å²) in [6.07, 6.45) is -5.97. The fourth-order valence-corrected chi connectivity index (χ4v) is 5.83. The minimum absolute atomic E-state index is 0.137. The number of carbonyl (C=O) groups excluding carboxylic acids is 3. The number of amides is 4. The second-order valence-electron chi connectivity index (χ2n) is 11.1. The van der Waals surface area contributed by atoms with Crippen molar-refractivity contribution in [3.63, 3.8) is 0 Å². The van der Waals surface area contributed by atoms with Crippen LogP contribution in [-0.4, -0.2) is 68.1 Å². The molecule has 2 fully saturated rings. The van der Waals surface area contributed by atoms with Crippen LogP contribution in [0.25, 0.3) is 0 Å². The van der Waals surface area contributed by atoms with Crippen LogP contribution < -0.4 is 30.9 Å². The average Bonchev–Trinajstić information content (AvgIpc) is 3.30. The van der Waals surface area contributed by atoms with Crippen LogP contribution in [0.5, 0.6) is 5.75 Å². The second kappa shape index (κ2) is 14.0. The molecule has 1 unspecified atom stereocenters. The van der Waals surface area contributed by atoms with Crippen molar-refractivity contribution < 1.29 is 49.9 Å². The molecular formula is C29H33F7N6O4. The summed E-state index contributed by atoms with van der Waals surface area (Å²) in [6.45, 7) is 0.581. The summed E-state index contributed by atoms with van der Waals surface area (Å²) < 4.78 is 105. The Balaban J connectivity index is 1.71. The lowest BCUT2D eigenvalue weighted by Gasteiger charge is -2.29. The molecule has 1 aromatic carbocycles. The Labute approximate surface area is 259 Å². The van der Waals surface area contributed by atoms with Crippen LogP contribution in [0.15, 0.2) is 24.4 Å². The van der Waals surface area contributed by atoms with Gasteiger partial charge in [0.05, 0.1) is 12.8 Å². The second-order valence-corrected chi connectivity index (χ2v) is 11.1. The first-order valence-corrected chi connectivity index (χ1v) is 14.4. The summed E-state index contributed by atoms with van der Waals surface area (Å²) in [4.78, 5) is 43.2. The number of rotatable bonds is 9. The van der Waals surface area contributed by atoms with E-state index in [1.54, 1.807) is 0 Å². The van der Waals surface area contributed by atoms with E-state index in [-0.39, 0.29) is 31.4 Å². The Morgan fingerprint density at radius 3 is 2.24 bits per heavy atom. The summed E-state index contributed by atoms with van der Waals surface area (Å²) in [5.74, 6) is -7.61. The lowest BCUT2D eigenvalue weighted by atomic mass is 9.86. The van der Waals surface area contributed by atoms with Crippen molar-refractivity contribution >= 4 is 29.4 Å². The molecule has 4 N–H and O–H groups in total. The molecular weight excluding hydrogens is 629 g/mol. The third-order valence-electron chi connectivity index (χ3n) is 8.20. The fourth-order valence-electron chi connectivity index (χ4n) is 5.83. The van der Waals surface area contributed by atoms with Gasteiger partial charge >= 0.3 is 12.2 Å². The number of hydrogen-bond acceptors (Lipinski definition) is 6. The Bertz CT molecular complexity index is 1430. The molecule has 1 saturated carbocycles. The minimum atomic E-state index is -5.12. The van der Waals surface area contributed by atoms with Gasteiger partial charge in [-0.05, 0) is 38.7 Å². The molecule has 10 nitrogen and oxygen atoms in total. The lowest BCUT2D eigenvalue weighted by Crippen LogP contribution is -2.51. The van der Waals surface area contributed by atoms with Gasteiger partial charge < -0.3 is 26.0 Å². The van der Waals surface area contributed by atoms with Gasteiger partial charge in [0.2, 0.25) is 12.3 Å². The van der Waals surface area contributed by atoms with E-state index in [1.807, 2.05) is 0 Å². The molecule has 0 radical (unpaired) electrons. The molecule has 3 atom stereocenters. The van der Waals surface area contributed by atoms with Crippen molar-refractivity contribution in [1.29, 1.82) is 0 Å². The maximum atomic E-state index is 15.3. The molecule has 4 amide bonds. The zero-order valence-electron chi connectivity index (χ0n) is 25.0. The standard InChI is InChI=1S/C29H33F7N6O4/c1-13(26(43)37-2)39-20-8-9-38-25(22(20)29(34,35)36)42-12-17(21-18(30)10-16(46-3)11-19(21)31)23(27(42)44)41-28(45)40-15-6-4-14(5-7-15)24(32)33/h8-11,13-15,17,23-24H,4-7,12H2,1-3H3,(H,37,43)(H,38,39)(H2,40,41,45)/t13?,14?,15?,17-,23-/m0/s1. The summed E-state index contributed by atoms with van der Waals surface area (Å²) in [7, 11) is 2.45. The number of nitrogens with zero attached hydrogens (tertiary/aromatic N) is 2. The molecule has 0 spiro atoms. The largest absolute Gasteiger partial charge is 0.497 e. The van der Waals surface area contributed by atoms with Crippen molar-refractivity contribution in [2.75, 3.05) is 30.9 Å². The number of methoxy groups -OCH3 is 1. The molecule has 2 aromatic rings. The number of alkyl halides is 5. The average molecular weight is 663 g/mol. The zero-order chi connectivity index (χ0) is 33.9. The molecule has 2 heterocycles. The summed E-state index contributed by atoms with van der Waals surface area (Å²) in [5, 5.41) is 9.65. The van der Waals surface area contributed by atoms with Gasteiger partial charge in [0.15, 0.2) is 0 Å². The molecule has 2 aliphatic rings. The number of benzene rings is 1. The number of urea groups is 1. The first kappa shape index (κ1) is 34.6. The lowest BCUT2D eigenvalue weighted by molar-refractivity contribution is -0.137. The molecule has 1 saturated heterocycles. The topological polar surface area (TPSA) is 125 Å². The van der Waals surface area contributed by atoms with Gasteiger partial charge in [-0.3, -0.25) is 14.5 Å². The molecule has 1 aliphatic heterocycles. The van der Waals surface area contributed by atoms with Crippen LogP contribution in [0.1, 0.15) is 49.7 Å². The minimum Gasteiger partial charge on any atom is -0.497 e. The van der Waals surface area contributed by atoms with Gasteiger partial charge in [-0.25, -0.2) is 27.3 Å². The van der Waals surface area contributed by atoms with E-state index in [0.717, 1.165) is 31.5 Å². The molecule has 17 heteroatoms. The van der Waals surface area contributed by atoms with Crippen LogP contribution >= 0.6 is 0 Å². The Hall–Kier alpha value is -4.31. The summed E-state index contributed by atoms with van der Waals surface area (Å²) >= 11 is 0. The monoisotopic (exact) mass is 662 g/mol. The van der Waals surface area contributed by atoms with Crippen LogP contribution in [0.4, 0.5) is 47.0 Å². The normalized spacial score (nSPS) is 22.4. The summed E-state index contributed by atoms with van der Waals surface area (Å²) in [5.41, 5.74) is -2.70. The maximum Gasteiger partial charge on any atom is 0.421 e. The van der Waals surface area contributed by atoms with Crippen molar-refractivity contribution in [3.05, 3.63) is 47.2 Å². The van der Waals surface area contributed by atoms with E-state index in [2.05, 4.69) is 26.3 Å². The van der Waals surface area contributed by atoms with E-state index < -0.39 is 101 Å². The molecule has 252 valence electrons. The molecule has 1 aromatic heterocycles. The van der Waals surface area contributed by atoms with E-state index in [4.69, 9.17) is 4.74 Å². The van der Waals surface area contributed by atoms with Crippen LogP contribution in [0.2, 0.25) is 0 Å². The smallest absolute Gasteiger partial charge is 0.421 e. The van der Waals surface area contributed by atoms with Crippen molar-refractivity contribution in [1.82, 2.24) is 20.9 Å². The predicted molar refractivity (Wildman–Crippen MR) is 152 cm³/mol.